The highest BCUT2D eigenvalue weighted by Gasteiger charge is 2.49. The minimum absolute atomic E-state index is 0.171. The minimum Gasteiger partial charge on any atom is -0.389 e. The summed E-state index contributed by atoms with van der Waals surface area (Å²) in [6.07, 6.45) is 3.49. The molecule has 3 heteroatoms. The Bertz CT molecular complexity index is 347. The summed E-state index contributed by atoms with van der Waals surface area (Å²) >= 11 is 0. The van der Waals surface area contributed by atoms with Crippen molar-refractivity contribution in [2.75, 3.05) is 19.7 Å². The number of hydrogen-bond donors (Lipinski definition) is 1. The van der Waals surface area contributed by atoms with Gasteiger partial charge in [-0.2, -0.15) is 0 Å². The van der Waals surface area contributed by atoms with Crippen molar-refractivity contribution in [3.8, 4) is 0 Å². The summed E-state index contributed by atoms with van der Waals surface area (Å²) in [6.45, 7) is 15.6. The predicted molar refractivity (Wildman–Crippen MR) is 82.8 cm³/mol. The van der Waals surface area contributed by atoms with Gasteiger partial charge in [-0.05, 0) is 50.9 Å². The van der Waals surface area contributed by atoms with Gasteiger partial charge in [-0.1, -0.05) is 20.8 Å². The second kappa shape index (κ2) is 5.26. The van der Waals surface area contributed by atoms with Gasteiger partial charge >= 0.3 is 0 Å². The fraction of sp³-hybridized carbons (Fsp3) is 1.00. The van der Waals surface area contributed by atoms with Crippen LogP contribution in [0.5, 0.6) is 0 Å². The zero-order valence-corrected chi connectivity index (χ0v) is 14.2. The molecule has 0 aromatic heterocycles. The molecule has 1 N–H and O–H groups in total. The fourth-order valence-electron chi connectivity index (χ4n) is 4.46. The number of aliphatic hydroxyl groups excluding tert-OH is 1. The Kier molecular flexibility index (Phi) is 4.27. The second-order valence-electron chi connectivity index (χ2n) is 9.22. The van der Waals surface area contributed by atoms with Crippen LogP contribution in [-0.2, 0) is 4.74 Å². The Balaban J connectivity index is 1.88. The molecule has 2 bridgehead atoms. The highest BCUT2D eigenvalue weighted by Crippen LogP contribution is 2.52. The highest BCUT2D eigenvalue weighted by molar-refractivity contribution is 5.02. The molecule has 0 amide bonds. The highest BCUT2D eigenvalue weighted by atomic mass is 16.5. The number of aliphatic hydroxyl groups is 1. The lowest BCUT2D eigenvalue weighted by molar-refractivity contribution is -0.0574. The summed E-state index contributed by atoms with van der Waals surface area (Å²) in [4.78, 5) is 2.51. The molecule has 3 nitrogen and oxygen atoms in total. The predicted octanol–water partition coefficient (Wildman–Crippen LogP) is 3.06. The lowest BCUT2D eigenvalue weighted by Gasteiger charge is -2.40. The van der Waals surface area contributed by atoms with Gasteiger partial charge in [-0.3, -0.25) is 4.90 Å². The van der Waals surface area contributed by atoms with Crippen molar-refractivity contribution in [3.05, 3.63) is 0 Å². The molecule has 1 saturated heterocycles. The first-order valence-corrected chi connectivity index (χ1v) is 8.04. The van der Waals surface area contributed by atoms with E-state index in [1.54, 1.807) is 0 Å². The van der Waals surface area contributed by atoms with Crippen LogP contribution in [0.25, 0.3) is 0 Å². The summed E-state index contributed by atoms with van der Waals surface area (Å²) in [5.74, 6) is 0. The van der Waals surface area contributed by atoms with Crippen molar-refractivity contribution >= 4 is 0 Å². The molecule has 1 heterocycles. The van der Waals surface area contributed by atoms with Crippen molar-refractivity contribution < 1.29 is 9.84 Å². The van der Waals surface area contributed by atoms with Crippen LogP contribution >= 0.6 is 0 Å². The lowest BCUT2D eigenvalue weighted by Crippen LogP contribution is -2.40. The van der Waals surface area contributed by atoms with E-state index in [9.17, 15) is 5.11 Å². The van der Waals surface area contributed by atoms with E-state index in [1.165, 1.54) is 19.3 Å². The summed E-state index contributed by atoms with van der Waals surface area (Å²) in [5.41, 5.74) is 0.714. The Hall–Kier alpha value is -0.120. The van der Waals surface area contributed by atoms with E-state index < -0.39 is 0 Å². The largest absolute Gasteiger partial charge is 0.389 e. The van der Waals surface area contributed by atoms with E-state index in [4.69, 9.17) is 4.74 Å². The summed E-state index contributed by atoms with van der Waals surface area (Å²) < 4.78 is 5.70. The van der Waals surface area contributed by atoms with Crippen LogP contribution in [0.15, 0.2) is 0 Å². The Morgan fingerprint density at radius 2 is 1.90 bits per heavy atom. The van der Waals surface area contributed by atoms with E-state index in [0.29, 0.717) is 23.5 Å². The van der Waals surface area contributed by atoms with Crippen LogP contribution in [-0.4, -0.2) is 47.4 Å². The van der Waals surface area contributed by atoms with Gasteiger partial charge in [0, 0.05) is 19.1 Å². The number of rotatable bonds is 4. The average molecular weight is 283 g/mol. The van der Waals surface area contributed by atoms with Crippen molar-refractivity contribution in [1.29, 1.82) is 0 Å². The van der Waals surface area contributed by atoms with Crippen molar-refractivity contribution in [1.82, 2.24) is 4.90 Å². The molecule has 2 rings (SSSR count). The van der Waals surface area contributed by atoms with E-state index in [-0.39, 0.29) is 11.7 Å². The van der Waals surface area contributed by atoms with Crippen molar-refractivity contribution in [2.24, 2.45) is 10.8 Å². The zero-order chi connectivity index (χ0) is 15.2. The molecule has 2 aliphatic rings. The molecule has 2 fully saturated rings. The summed E-state index contributed by atoms with van der Waals surface area (Å²) in [5, 5.41) is 10.2. The maximum atomic E-state index is 10.2. The van der Waals surface area contributed by atoms with Crippen LogP contribution in [0.2, 0.25) is 0 Å². The lowest BCUT2D eigenvalue weighted by atomic mass is 9.65. The molecular formula is C17H33NO2. The molecule has 1 aliphatic heterocycles. The number of nitrogens with zero attached hydrogens (tertiary/aromatic N) is 1. The van der Waals surface area contributed by atoms with Gasteiger partial charge in [0.05, 0.1) is 18.3 Å². The molecule has 3 atom stereocenters. The van der Waals surface area contributed by atoms with Gasteiger partial charge in [-0.15, -0.1) is 0 Å². The van der Waals surface area contributed by atoms with Gasteiger partial charge in [0.15, 0.2) is 0 Å². The number of likely N-dealkylation sites (tertiary alicyclic amines) is 1. The first-order valence-electron chi connectivity index (χ1n) is 8.04. The third-order valence-electron chi connectivity index (χ3n) is 4.68. The first kappa shape index (κ1) is 16.3. The monoisotopic (exact) mass is 283 g/mol. The molecule has 0 aromatic rings. The quantitative estimate of drug-likeness (QED) is 0.860. The Morgan fingerprint density at radius 3 is 2.50 bits per heavy atom. The Morgan fingerprint density at radius 1 is 1.25 bits per heavy atom. The number of hydrogen-bond acceptors (Lipinski definition) is 3. The molecule has 118 valence electrons. The van der Waals surface area contributed by atoms with Crippen molar-refractivity contribution in [2.45, 2.75) is 78.6 Å². The SMILES string of the molecule is CC1(C)C[C@@H]2C[C@@](C)(CN2C[C@H](O)COC(C)(C)C)C1. The van der Waals surface area contributed by atoms with Gasteiger partial charge in [-0.25, -0.2) is 0 Å². The molecule has 1 aliphatic carbocycles. The molecule has 0 aromatic carbocycles. The molecule has 0 radical (unpaired) electrons. The van der Waals surface area contributed by atoms with E-state index >= 15 is 0 Å². The van der Waals surface area contributed by atoms with Crippen molar-refractivity contribution in [3.63, 3.8) is 0 Å². The van der Waals surface area contributed by atoms with Gasteiger partial charge in [0.1, 0.15) is 0 Å². The van der Waals surface area contributed by atoms with Crippen LogP contribution in [0.1, 0.15) is 60.8 Å². The normalized spacial score (nSPS) is 35.2. The molecule has 20 heavy (non-hydrogen) atoms. The minimum atomic E-state index is -0.375. The fourth-order valence-corrected chi connectivity index (χ4v) is 4.46. The topological polar surface area (TPSA) is 32.7 Å². The molecule has 1 saturated carbocycles. The Labute approximate surface area is 124 Å². The maximum absolute atomic E-state index is 10.2. The van der Waals surface area contributed by atoms with Crippen LogP contribution in [0, 0.1) is 10.8 Å². The smallest absolute Gasteiger partial charge is 0.0900 e. The van der Waals surface area contributed by atoms with E-state index in [2.05, 4.69) is 25.7 Å². The zero-order valence-electron chi connectivity index (χ0n) is 14.2. The number of β-amino-alcohol motifs (C(OH)–C–C–N with tert-alkyl or cyclic N) is 1. The van der Waals surface area contributed by atoms with Gasteiger partial charge in [0.2, 0.25) is 0 Å². The maximum Gasteiger partial charge on any atom is 0.0900 e. The number of ether oxygens (including phenoxy) is 1. The van der Waals surface area contributed by atoms with E-state index in [0.717, 1.165) is 13.1 Å². The average Bonchev–Trinajstić information content (AvgIpc) is 2.43. The second-order valence-corrected chi connectivity index (χ2v) is 9.22. The molecular weight excluding hydrogens is 250 g/mol. The van der Waals surface area contributed by atoms with Crippen LogP contribution in [0.3, 0.4) is 0 Å². The van der Waals surface area contributed by atoms with Gasteiger partial charge < -0.3 is 9.84 Å². The standard InChI is InChI=1S/C17H33NO2/c1-15(2,3)20-10-14(19)9-18-12-17(6)8-13(18)7-16(4,5)11-17/h13-14,19H,7-12H2,1-6H3/t13-,14+,17-/m1/s1. The molecule has 0 unspecified atom stereocenters. The number of fused-ring (bicyclic) bond motifs is 2. The third kappa shape index (κ3) is 4.19. The first-order chi connectivity index (χ1) is 8.98. The van der Waals surface area contributed by atoms with Crippen LogP contribution in [0.4, 0.5) is 0 Å². The third-order valence-corrected chi connectivity index (χ3v) is 4.68. The summed E-state index contributed by atoms with van der Waals surface area (Å²) in [6, 6.07) is 0.646. The summed E-state index contributed by atoms with van der Waals surface area (Å²) in [7, 11) is 0. The van der Waals surface area contributed by atoms with Crippen LogP contribution < -0.4 is 0 Å². The van der Waals surface area contributed by atoms with E-state index in [1.807, 2.05) is 20.8 Å². The van der Waals surface area contributed by atoms with Gasteiger partial charge in [0.25, 0.3) is 0 Å². The molecule has 0 spiro atoms.